The van der Waals surface area contributed by atoms with Crippen molar-refractivity contribution in [3.8, 4) is 0 Å². The summed E-state index contributed by atoms with van der Waals surface area (Å²) in [6, 6.07) is 7.52. The van der Waals surface area contributed by atoms with Crippen LogP contribution in [0.1, 0.15) is 29.9 Å². The van der Waals surface area contributed by atoms with Gasteiger partial charge in [0.25, 0.3) is 0 Å². The maximum absolute atomic E-state index is 9.77. The van der Waals surface area contributed by atoms with E-state index in [4.69, 9.17) is 26.2 Å². The van der Waals surface area contributed by atoms with Crippen molar-refractivity contribution in [2.45, 2.75) is 43.4 Å². The van der Waals surface area contributed by atoms with Gasteiger partial charge in [-0.05, 0) is 56.0 Å². The maximum Gasteiger partial charge on any atom is 0.335 e. The molecular weight excluding hydrogens is 402 g/mol. The minimum atomic E-state index is -2.27. The minimum absolute atomic E-state index is 0.666. The van der Waals surface area contributed by atoms with Crippen LogP contribution in [0.4, 0.5) is 0 Å². The smallest absolute Gasteiger partial charge is 0.335 e. The zero-order valence-corrected chi connectivity index (χ0v) is 17.8. The van der Waals surface area contributed by atoms with Crippen molar-refractivity contribution in [3.63, 3.8) is 0 Å². The minimum Gasteiger partial charge on any atom is -0.479 e. The van der Waals surface area contributed by atoms with Crippen LogP contribution in [0.25, 0.3) is 10.9 Å². The normalized spacial score (nSPS) is 24.6. The van der Waals surface area contributed by atoms with Crippen molar-refractivity contribution in [2.75, 3.05) is 20.1 Å². The Morgan fingerprint density at radius 2 is 1.81 bits per heavy atom. The first kappa shape index (κ1) is 23.2. The number of benzene rings is 1. The maximum atomic E-state index is 9.77. The highest BCUT2D eigenvalue weighted by atomic mass is 16.4. The van der Waals surface area contributed by atoms with E-state index >= 15 is 0 Å². The number of carboxylic acids is 2. The zero-order valence-electron chi connectivity index (χ0n) is 17.8. The number of piperidine rings is 1. The lowest BCUT2D eigenvalue weighted by molar-refractivity contribution is -0.165. The van der Waals surface area contributed by atoms with Crippen molar-refractivity contribution in [2.24, 2.45) is 18.7 Å². The number of aliphatic carboxylic acids is 2. The first-order valence-corrected chi connectivity index (χ1v) is 10.4. The van der Waals surface area contributed by atoms with Crippen LogP contribution in [-0.4, -0.2) is 80.2 Å². The number of carboxylic acid groups (broad SMARTS) is 2. The molecular formula is C22H31N3O6. The molecule has 1 fully saturated rings. The fourth-order valence-electron chi connectivity index (χ4n) is 5.05. The van der Waals surface area contributed by atoms with Crippen molar-refractivity contribution in [1.29, 1.82) is 0 Å². The molecule has 9 nitrogen and oxygen atoms in total. The lowest BCUT2D eigenvalue weighted by Gasteiger charge is -2.45. The van der Waals surface area contributed by atoms with Gasteiger partial charge in [0.05, 0.1) is 0 Å². The molecule has 0 radical (unpaired) electrons. The average Bonchev–Trinajstić information content (AvgIpc) is 3.05. The van der Waals surface area contributed by atoms with Gasteiger partial charge < -0.3 is 35.6 Å². The standard InChI is InChI=1S/C18H25N3.C4H6O6/c1-20-10-12(6-7-19)8-15-14-4-3-5-16-18(14)13(9-17(15)20)11-21(16)2;5-1(3(7)8)2(6)4(9)10/h3-5,11-12,15,17H,6-10,19H2,1-2H3;1-2,5-6H,(H,7,8)(H,9,10)/t12-,15?,17-;1-,2-/m11/s1. The first-order valence-electron chi connectivity index (χ1n) is 10.4. The van der Waals surface area contributed by atoms with Crippen molar-refractivity contribution in [3.05, 3.63) is 35.5 Å². The van der Waals surface area contributed by atoms with Gasteiger partial charge >= 0.3 is 11.9 Å². The average molecular weight is 434 g/mol. The lowest BCUT2D eigenvalue weighted by atomic mass is 9.72. The largest absolute Gasteiger partial charge is 0.479 e. The van der Waals surface area contributed by atoms with Crippen LogP contribution in [0.3, 0.4) is 0 Å². The van der Waals surface area contributed by atoms with Crippen LogP contribution in [0.2, 0.25) is 0 Å². The van der Waals surface area contributed by atoms with Gasteiger partial charge in [0.15, 0.2) is 12.2 Å². The summed E-state index contributed by atoms with van der Waals surface area (Å²) in [6.45, 7) is 2.02. The second-order valence-electron chi connectivity index (χ2n) is 8.57. The number of aromatic nitrogens is 1. The topological polar surface area (TPSA) is 149 Å². The zero-order chi connectivity index (χ0) is 22.9. The molecule has 1 unspecified atom stereocenters. The van der Waals surface area contributed by atoms with Gasteiger partial charge in [0.1, 0.15) is 0 Å². The van der Waals surface area contributed by atoms with Crippen molar-refractivity contribution < 1.29 is 30.0 Å². The molecule has 0 bridgehead atoms. The third-order valence-electron chi connectivity index (χ3n) is 6.50. The molecule has 6 N–H and O–H groups in total. The van der Waals surface area contributed by atoms with Gasteiger partial charge in [0, 0.05) is 42.7 Å². The highest BCUT2D eigenvalue weighted by Gasteiger charge is 2.39. The number of aliphatic hydroxyl groups is 2. The molecule has 0 amide bonds. The molecule has 5 atom stereocenters. The van der Waals surface area contributed by atoms with Gasteiger partial charge in [-0.2, -0.15) is 0 Å². The van der Waals surface area contributed by atoms with Crippen LogP contribution in [-0.2, 0) is 23.1 Å². The second kappa shape index (κ2) is 9.35. The van der Waals surface area contributed by atoms with E-state index in [2.05, 4.69) is 48.0 Å². The molecule has 2 aliphatic rings. The van der Waals surface area contributed by atoms with Crippen LogP contribution in [0.5, 0.6) is 0 Å². The fourth-order valence-corrected chi connectivity index (χ4v) is 5.05. The number of hydrogen-bond acceptors (Lipinski definition) is 6. The third kappa shape index (κ3) is 4.59. The van der Waals surface area contributed by atoms with E-state index in [1.54, 1.807) is 5.56 Å². The van der Waals surface area contributed by atoms with Crippen LogP contribution in [0, 0.1) is 5.92 Å². The fraction of sp³-hybridized carbons (Fsp3) is 0.545. The summed E-state index contributed by atoms with van der Waals surface area (Å²) in [5, 5.41) is 34.1. The summed E-state index contributed by atoms with van der Waals surface area (Å²) < 4.78 is 2.29. The Hall–Kier alpha value is -2.46. The highest BCUT2D eigenvalue weighted by Crippen LogP contribution is 2.45. The molecule has 31 heavy (non-hydrogen) atoms. The van der Waals surface area contributed by atoms with Gasteiger partial charge in [-0.1, -0.05) is 12.1 Å². The molecule has 2 heterocycles. The van der Waals surface area contributed by atoms with E-state index in [9.17, 15) is 9.59 Å². The van der Waals surface area contributed by atoms with Gasteiger partial charge in [-0.25, -0.2) is 9.59 Å². The van der Waals surface area contributed by atoms with E-state index < -0.39 is 24.1 Å². The van der Waals surface area contributed by atoms with E-state index in [-0.39, 0.29) is 0 Å². The number of likely N-dealkylation sites (tertiary alicyclic amines) is 1. The predicted molar refractivity (Wildman–Crippen MR) is 115 cm³/mol. The van der Waals surface area contributed by atoms with Gasteiger partial charge in [0.2, 0.25) is 0 Å². The summed E-state index contributed by atoms with van der Waals surface area (Å²) in [5.41, 5.74) is 10.3. The molecule has 4 rings (SSSR count). The highest BCUT2D eigenvalue weighted by molar-refractivity contribution is 5.89. The molecule has 1 aliphatic carbocycles. The van der Waals surface area contributed by atoms with E-state index in [0.29, 0.717) is 12.0 Å². The summed E-state index contributed by atoms with van der Waals surface area (Å²) in [6.07, 6.45) is 1.47. The predicted octanol–water partition coefficient (Wildman–Crippen LogP) is 0.365. The Morgan fingerprint density at radius 3 is 2.39 bits per heavy atom. The number of nitrogens with zero attached hydrogens (tertiary/aromatic N) is 2. The monoisotopic (exact) mass is 433 g/mol. The number of aliphatic hydroxyl groups excluding tert-OH is 2. The van der Waals surface area contributed by atoms with Crippen LogP contribution >= 0.6 is 0 Å². The summed E-state index contributed by atoms with van der Waals surface area (Å²) in [4.78, 5) is 22.1. The van der Waals surface area contributed by atoms with E-state index in [1.807, 2.05) is 0 Å². The quantitative estimate of drug-likeness (QED) is 0.454. The summed E-state index contributed by atoms with van der Waals surface area (Å²) in [7, 11) is 4.47. The molecule has 2 aromatic rings. The molecule has 1 aromatic carbocycles. The number of likely N-dealkylation sites (N-methyl/N-ethyl adjacent to an activating group) is 1. The van der Waals surface area contributed by atoms with Gasteiger partial charge in [-0.15, -0.1) is 0 Å². The summed E-state index contributed by atoms with van der Waals surface area (Å²) >= 11 is 0. The van der Waals surface area contributed by atoms with Crippen LogP contribution in [0.15, 0.2) is 24.4 Å². The number of nitrogens with two attached hydrogens (primary N) is 1. The van der Waals surface area contributed by atoms with Crippen molar-refractivity contribution >= 4 is 22.8 Å². The van der Waals surface area contributed by atoms with Gasteiger partial charge in [-0.3, -0.25) is 0 Å². The number of carbonyl (C=O) groups is 2. The Morgan fingerprint density at radius 1 is 1.16 bits per heavy atom. The van der Waals surface area contributed by atoms with E-state index in [1.165, 1.54) is 35.9 Å². The Bertz CT molecular complexity index is 940. The van der Waals surface area contributed by atoms with E-state index in [0.717, 1.165) is 18.9 Å². The molecule has 9 heteroatoms. The molecule has 1 aromatic heterocycles. The number of aryl methyl sites for hydroxylation is 1. The first-order chi connectivity index (χ1) is 14.6. The number of hydrogen-bond donors (Lipinski definition) is 5. The summed E-state index contributed by atoms with van der Waals surface area (Å²) in [5.74, 6) is -2.11. The SMILES string of the molecule is CN1C[C@H](CCN)CC2c3cccc4c3c(cn4C)C[C@H]21.O=C(O)[C@H](O)[C@@H](O)C(=O)O. The third-order valence-corrected chi connectivity index (χ3v) is 6.50. The molecule has 0 saturated carbocycles. The Balaban J connectivity index is 0.000000233. The van der Waals surface area contributed by atoms with Crippen LogP contribution < -0.4 is 5.73 Å². The lowest BCUT2D eigenvalue weighted by Crippen LogP contribution is -2.48. The van der Waals surface area contributed by atoms with Crippen molar-refractivity contribution in [1.82, 2.24) is 9.47 Å². The Labute approximate surface area is 180 Å². The molecule has 1 saturated heterocycles. The number of fused-ring (bicyclic) bond motifs is 2. The number of rotatable bonds is 5. The molecule has 1 aliphatic heterocycles. The molecule has 170 valence electrons. The Kier molecular flexibility index (Phi) is 7.00. The molecule has 0 spiro atoms. The second-order valence-corrected chi connectivity index (χ2v) is 8.57.